The number of hydrogen-bond acceptors (Lipinski definition) is 2. The highest BCUT2D eigenvalue weighted by molar-refractivity contribution is 6.30. The van der Waals surface area contributed by atoms with Crippen LogP contribution in [0.1, 0.15) is 37.4 Å². The minimum Gasteiger partial charge on any atom is -0.385 e. The van der Waals surface area contributed by atoms with Crippen molar-refractivity contribution in [2.45, 2.75) is 39.7 Å². The molecule has 0 saturated carbocycles. The van der Waals surface area contributed by atoms with Crippen molar-refractivity contribution in [2.24, 2.45) is 0 Å². The first kappa shape index (κ1) is 16.6. The Bertz CT molecular complexity index is 662. The Kier molecular flexibility index (Phi) is 6.08. The highest BCUT2D eigenvalue weighted by atomic mass is 35.5. The van der Waals surface area contributed by atoms with Crippen molar-refractivity contribution in [3.05, 3.63) is 63.0 Å². The summed E-state index contributed by atoms with van der Waals surface area (Å²) in [7, 11) is 0. The summed E-state index contributed by atoms with van der Waals surface area (Å²) >= 11 is 5.89. The number of benzene rings is 1. The maximum atomic E-state index is 12.3. The molecule has 1 aromatic heterocycles. The molecule has 1 aromatic carbocycles. The molecule has 1 heterocycles. The predicted octanol–water partition coefficient (Wildman–Crippen LogP) is 4.46. The van der Waals surface area contributed by atoms with Crippen LogP contribution in [0.4, 0.5) is 5.69 Å². The molecule has 4 heteroatoms. The zero-order valence-electron chi connectivity index (χ0n) is 13.2. The molecule has 0 aliphatic rings. The van der Waals surface area contributed by atoms with Gasteiger partial charge in [-0.15, -0.1) is 0 Å². The lowest BCUT2D eigenvalue weighted by Gasteiger charge is -2.13. The lowest BCUT2D eigenvalue weighted by molar-refractivity contribution is 0.726. The van der Waals surface area contributed by atoms with Crippen LogP contribution in [0.2, 0.25) is 5.02 Å². The molecule has 0 aliphatic carbocycles. The lowest BCUT2D eigenvalue weighted by atomic mass is 10.2. The Balaban J connectivity index is 2.09. The van der Waals surface area contributed by atoms with Crippen LogP contribution in [0.15, 0.2) is 41.2 Å². The van der Waals surface area contributed by atoms with Crippen LogP contribution in [-0.4, -0.2) is 11.1 Å². The zero-order valence-corrected chi connectivity index (χ0v) is 14.0. The maximum absolute atomic E-state index is 12.3. The van der Waals surface area contributed by atoms with E-state index in [1.165, 1.54) is 12.8 Å². The van der Waals surface area contributed by atoms with Crippen molar-refractivity contribution < 1.29 is 0 Å². The molecule has 22 heavy (non-hydrogen) atoms. The third-order valence-electron chi connectivity index (χ3n) is 3.70. The summed E-state index contributed by atoms with van der Waals surface area (Å²) in [6.45, 7) is 5.63. The third kappa shape index (κ3) is 4.63. The molecule has 1 N–H and O–H groups in total. The van der Waals surface area contributed by atoms with E-state index in [9.17, 15) is 4.79 Å². The minimum absolute atomic E-state index is 0.0212. The number of pyridine rings is 1. The van der Waals surface area contributed by atoms with Gasteiger partial charge in [0.15, 0.2) is 0 Å². The molecule has 0 unspecified atom stereocenters. The van der Waals surface area contributed by atoms with Gasteiger partial charge >= 0.3 is 0 Å². The second-order valence-corrected chi connectivity index (χ2v) is 6.01. The second kappa shape index (κ2) is 8.04. The van der Waals surface area contributed by atoms with Gasteiger partial charge in [-0.2, -0.15) is 0 Å². The molecule has 0 radical (unpaired) electrons. The molecular formula is C18H23ClN2O. The lowest BCUT2D eigenvalue weighted by Crippen LogP contribution is -2.23. The molecule has 3 nitrogen and oxygen atoms in total. The third-order valence-corrected chi connectivity index (χ3v) is 3.95. The van der Waals surface area contributed by atoms with Crippen LogP contribution >= 0.6 is 11.6 Å². The number of aryl methyl sites for hydroxylation is 1. The van der Waals surface area contributed by atoms with Crippen LogP contribution in [0.5, 0.6) is 0 Å². The number of anilines is 1. The fraction of sp³-hybridized carbons (Fsp3) is 0.389. The monoisotopic (exact) mass is 318 g/mol. The Morgan fingerprint density at radius 1 is 1.14 bits per heavy atom. The smallest absolute Gasteiger partial charge is 0.253 e. The summed E-state index contributed by atoms with van der Waals surface area (Å²) in [5.41, 5.74) is 2.96. The van der Waals surface area contributed by atoms with E-state index in [0.717, 1.165) is 29.9 Å². The van der Waals surface area contributed by atoms with Crippen molar-refractivity contribution in [3.8, 4) is 0 Å². The van der Waals surface area contributed by atoms with Crippen molar-refractivity contribution in [1.82, 2.24) is 4.57 Å². The number of unbranched alkanes of at least 4 members (excludes halogenated alkanes) is 2. The molecule has 0 fully saturated rings. The van der Waals surface area contributed by atoms with Gasteiger partial charge in [0.1, 0.15) is 0 Å². The molecule has 0 bridgehead atoms. The van der Waals surface area contributed by atoms with E-state index in [4.69, 9.17) is 11.6 Å². The van der Waals surface area contributed by atoms with E-state index in [0.29, 0.717) is 11.6 Å². The zero-order chi connectivity index (χ0) is 15.9. The molecule has 0 atom stereocenters. The number of rotatable bonds is 7. The van der Waals surface area contributed by atoms with E-state index in [-0.39, 0.29) is 5.56 Å². The van der Waals surface area contributed by atoms with E-state index < -0.39 is 0 Å². The molecule has 0 amide bonds. The summed E-state index contributed by atoms with van der Waals surface area (Å²) in [5.74, 6) is 0. The van der Waals surface area contributed by atoms with Crippen LogP contribution in [-0.2, 0) is 6.54 Å². The molecule has 2 aromatic rings. The van der Waals surface area contributed by atoms with Gasteiger partial charge in [-0.3, -0.25) is 4.79 Å². The Morgan fingerprint density at radius 3 is 2.50 bits per heavy atom. The standard InChI is InChI=1S/C18H23ClN2O/c1-3-4-5-10-20-17-11-14(2)21(18(22)12-17)13-15-6-8-16(19)9-7-15/h6-9,11-12,20H,3-5,10,13H2,1-2H3. The predicted molar refractivity (Wildman–Crippen MR) is 94.0 cm³/mol. The van der Waals surface area contributed by atoms with Gasteiger partial charge < -0.3 is 9.88 Å². The summed E-state index contributed by atoms with van der Waals surface area (Å²) < 4.78 is 1.78. The van der Waals surface area contributed by atoms with E-state index in [2.05, 4.69) is 12.2 Å². The van der Waals surface area contributed by atoms with Crippen molar-refractivity contribution in [2.75, 3.05) is 11.9 Å². The van der Waals surface area contributed by atoms with Gasteiger partial charge in [0.25, 0.3) is 5.56 Å². The number of nitrogens with zero attached hydrogens (tertiary/aromatic N) is 1. The Hall–Kier alpha value is -1.74. The quantitative estimate of drug-likeness (QED) is 0.765. The van der Waals surface area contributed by atoms with E-state index in [1.807, 2.05) is 37.3 Å². The first-order valence-corrected chi connectivity index (χ1v) is 8.17. The molecule has 118 valence electrons. The molecular weight excluding hydrogens is 296 g/mol. The fourth-order valence-corrected chi connectivity index (χ4v) is 2.54. The molecule has 2 rings (SSSR count). The largest absolute Gasteiger partial charge is 0.385 e. The summed E-state index contributed by atoms with van der Waals surface area (Å²) in [5, 5.41) is 4.04. The summed E-state index contributed by atoms with van der Waals surface area (Å²) in [4.78, 5) is 12.3. The fourth-order valence-electron chi connectivity index (χ4n) is 2.41. The van der Waals surface area contributed by atoms with Crippen molar-refractivity contribution in [3.63, 3.8) is 0 Å². The van der Waals surface area contributed by atoms with E-state index >= 15 is 0 Å². The maximum Gasteiger partial charge on any atom is 0.253 e. The minimum atomic E-state index is 0.0212. The van der Waals surface area contributed by atoms with Crippen LogP contribution in [0, 0.1) is 6.92 Å². The van der Waals surface area contributed by atoms with Gasteiger partial charge in [-0.25, -0.2) is 0 Å². The van der Waals surface area contributed by atoms with Gasteiger partial charge in [-0.05, 0) is 37.1 Å². The van der Waals surface area contributed by atoms with Gasteiger partial charge in [0.05, 0.1) is 6.54 Å². The van der Waals surface area contributed by atoms with Crippen molar-refractivity contribution in [1.29, 1.82) is 0 Å². The first-order valence-electron chi connectivity index (χ1n) is 7.80. The second-order valence-electron chi connectivity index (χ2n) is 5.57. The number of hydrogen-bond donors (Lipinski definition) is 1. The first-order chi connectivity index (χ1) is 10.6. The van der Waals surface area contributed by atoms with Gasteiger partial charge in [-0.1, -0.05) is 43.5 Å². The van der Waals surface area contributed by atoms with Crippen LogP contribution in [0.3, 0.4) is 0 Å². The number of nitrogens with one attached hydrogen (secondary N) is 1. The number of aromatic nitrogens is 1. The number of halogens is 1. The topological polar surface area (TPSA) is 34.0 Å². The SMILES string of the molecule is CCCCCNc1cc(C)n(Cc2ccc(Cl)cc2)c(=O)c1. The average Bonchev–Trinajstić information content (AvgIpc) is 2.49. The Labute approximate surface area is 136 Å². The summed E-state index contributed by atoms with van der Waals surface area (Å²) in [6, 6.07) is 11.3. The average molecular weight is 319 g/mol. The summed E-state index contributed by atoms with van der Waals surface area (Å²) in [6.07, 6.45) is 3.53. The van der Waals surface area contributed by atoms with Crippen LogP contribution in [0.25, 0.3) is 0 Å². The Morgan fingerprint density at radius 2 is 1.86 bits per heavy atom. The highest BCUT2D eigenvalue weighted by Crippen LogP contribution is 2.12. The molecule has 0 spiro atoms. The molecule has 0 aliphatic heterocycles. The van der Waals surface area contributed by atoms with Crippen LogP contribution < -0.4 is 10.9 Å². The normalized spacial score (nSPS) is 10.7. The molecule has 0 saturated heterocycles. The van der Waals surface area contributed by atoms with Crippen molar-refractivity contribution >= 4 is 17.3 Å². The van der Waals surface area contributed by atoms with Gasteiger partial charge in [0, 0.05) is 29.0 Å². The van der Waals surface area contributed by atoms with E-state index in [1.54, 1.807) is 10.6 Å². The highest BCUT2D eigenvalue weighted by Gasteiger charge is 2.04. The van der Waals surface area contributed by atoms with Gasteiger partial charge in [0.2, 0.25) is 0 Å².